The molecule has 3 rings (SSSR count). The molecule has 1 aliphatic heterocycles. The summed E-state index contributed by atoms with van der Waals surface area (Å²) < 4.78 is 5.20. The van der Waals surface area contributed by atoms with Gasteiger partial charge in [0.25, 0.3) is 0 Å². The molecule has 1 heterocycles. The molecule has 4 nitrogen and oxygen atoms in total. The fourth-order valence-corrected chi connectivity index (χ4v) is 3.60. The molecule has 0 bridgehead atoms. The molecule has 138 valence electrons. The summed E-state index contributed by atoms with van der Waals surface area (Å²) in [7, 11) is 0. The predicted octanol–water partition coefficient (Wildman–Crippen LogP) is 3.33. The molecule has 2 aromatic carbocycles. The van der Waals surface area contributed by atoms with E-state index in [0.717, 1.165) is 32.6 Å². The van der Waals surface area contributed by atoms with Crippen molar-refractivity contribution < 1.29 is 9.53 Å². The molecule has 26 heavy (non-hydrogen) atoms. The maximum Gasteiger partial charge on any atom is 0.320 e. The van der Waals surface area contributed by atoms with E-state index in [1.807, 2.05) is 25.1 Å². The molecule has 0 aromatic heterocycles. The van der Waals surface area contributed by atoms with Gasteiger partial charge in [-0.05, 0) is 24.5 Å². The normalized spacial score (nSPS) is 17.5. The summed E-state index contributed by atoms with van der Waals surface area (Å²) in [6, 6.07) is 21.3. The van der Waals surface area contributed by atoms with Gasteiger partial charge in [-0.2, -0.15) is 0 Å². The van der Waals surface area contributed by atoms with Crippen LogP contribution in [-0.2, 0) is 22.6 Å². The highest BCUT2D eigenvalue weighted by molar-refractivity contribution is 5.71. The molecule has 1 unspecified atom stereocenters. The van der Waals surface area contributed by atoms with E-state index in [2.05, 4.69) is 52.3 Å². The summed E-state index contributed by atoms with van der Waals surface area (Å²) >= 11 is 0. The van der Waals surface area contributed by atoms with Crippen LogP contribution in [0.4, 0.5) is 0 Å². The van der Waals surface area contributed by atoms with Gasteiger partial charge in [-0.1, -0.05) is 60.7 Å². The molecule has 0 N–H and O–H groups in total. The van der Waals surface area contributed by atoms with Crippen LogP contribution < -0.4 is 0 Å². The second-order valence-corrected chi connectivity index (χ2v) is 6.86. The number of hydrogen-bond donors (Lipinski definition) is 0. The van der Waals surface area contributed by atoms with Gasteiger partial charge in [0.1, 0.15) is 0 Å². The Hall–Kier alpha value is -2.17. The Balaban J connectivity index is 1.63. The zero-order valence-electron chi connectivity index (χ0n) is 15.5. The highest BCUT2D eigenvalue weighted by Gasteiger charge is 2.29. The lowest BCUT2D eigenvalue weighted by Gasteiger charge is -2.28. The Morgan fingerprint density at radius 3 is 2.38 bits per heavy atom. The quantitative estimate of drug-likeness (QED) is 0.682. The lowest BCUT2D eigenvalue weighted by molar-refractivity contribution is -0.145. The second-order valence-electron chi connectivity index (χ2n) is 6.86. The highest BCUT2D eigenvalue weighted by atomic mass is 16.5. The minimum atomic E-state index is -0.134. The first kappa shape index (κ1) is 18.6. The van der Waals surface area contributed by atoms with Crippen molar-refractivity contribution in [1.29, 1.82) is 0 Å². The summed E-state index contributed by atoms with van der Waals surface area (Å²) in [5.41, 5.74) is 2.58. The predicted molar refractivity (Wildman–Crippen MR) is 104 cm³/mol. The third-order valence-corrected chi connectivity index (χ3v) is 4.88. The van der Waals surface area contributed by atoms with E-state index >= 15 is 0 Å². The molecule has 4 heteroatoms. The monoisotopic (exact) mass is 352 g/mol. The third kappa shape index (κ3) is 5.41. The minimum absolute atomic E-state index is 0.134. The van der Waals surface area contributed by atoms with E-state index in [4.69, 9.17) is 4.74 Å². The van der Waals surface area contributed by atoms with Gasteiger partial charge < -0.3 is 4.74 Å². The Morgan fingerprint density at radius 1 is 1.08 bits per heavy atom. The number of hydrogen-bond acceptors (Lipinski definition) is 4. The fraction of sp³-hybridized carbons (Fsp3) is 0.409. The third-order valence-electron chi connectivity index (χ3n) is 4.88. The zero-order valence-corrected chi connectivity index (χ0v) is 15.5. The van der Waals surface area contributed by atoms with E-state index in [9.17, 15) is 4.79 Å². The number of nitrogens with zero attached hydrogens (tertiary/aromatic N) is 2. The molecule has 0 saturated carbocycles. The Morgan fingerprint density at radius 2 is 1.73 bits per heavy atom. The number of carbonyl (C=O) groups is 1. The van der Waals surface area contributed by atoms with Crippen LogP contribution in [0, 0.1) is 0 Å². The smallest absolute Gasteiger partial charge is 0.320 e. The van der Waals surface area contributed by atoms with Crippen molar-refractivity contribution in [1.82, 2.24) is 9.80 Å². The summed E-state index contributed by atoms with van der Waals surface area (Å²) in [5.74, 6) is -0.134. The van der Waals surface area contributed by atoms with Crippen LogP contribution in [0.1, 0.15) is 24.5 Å². The average molecular weight is 352 g/mol. The van der Waals surface area contributed by atoms with E-state index in [1.165, 1.54) is 11.1 Å². The van der Waals surface area contributed by atoms with Crippen LogP contribution in [0.25, 0.3) is 0 Å². The van der Waals surface area contributed by atoms with Crippen molar-refractivity contribution >= 4 is 5.97 Å². The van der Waals surface area contributed by atoms with E-state index in [-0.39, 0.29) is 5.97 Å². The summed E-state index contributed by atoms with van der Waals surface area (Å²) in [4.78, 5) is 16.8. The van der Waals surface area contributed by atoms with Gasteiger partial charge in [0, 0.05) is 32.2 Å². The van der Waals surface area contributed by atoms with Gasteiger partial charge in [0.05, 0.1) is 13.2 Å². The van der Waals surface area contributed by atoms with Crippen LogP contribution in [0.3, 0.4) is 0 Å². The maximum absolute atomic E-state index is 12.1. The number of benzene rings is 2. The Kier molecular flexibility index (Phi) is 6.81. The van der Waals surface area contributed by atoms with Crippen LogP contribution in [0.2, 0.25) is 0 Å². The molecule has 2 aromatic rings. The fourth-order valence-electron chi connectivity index (χ4n) is 3.60. The molecule has 0 radical (unpaired) electrons. The molecule has 1 fully saturated rings. The topological polar surface area (TPSA) is 32.8 Å². The summed E-state index contributed by atoms with van der Waals surface area (Å²) in [6.07, 6.45) is 1.08. The SMILES string of the molecule is CCOC(=O)CN(Cc1ccccc1)C1CCN(Cc2ccccc2)C1. The molecule has 1 saturated heterocycles. The van der Waals surface area contributed by atoms with Gasteiger partial charge in [0.15, 0.2) is 0 Å². The lowest BCUT2D eigenvalue weighted by atomic mass is 10.1. The van der Waals surface area contributed by atoms with Crippen molar-refractivity contribution in [2.45, 2.75) is 32.5 Å². The number of rotatable bonds is 8. The standard InChI is InChI=1S/C22H28N2O2/c1-2-26-22(25)18-24(16-20-11-7-4-8-12-20)21-13-14-23(17-21)15-19-9-5-3-6-10-19/h3-12,21H,2,13-18H2,1H3. The number of carbonyl (C=O) groups excluding carboxylic acids is 1. The van der Waals surface area contributed by atoms with Crippen molar-refractivity contribution in [2.24, 2.45) is 0 Å². The average Bonchev–Trinajstić information content (AvgIpc) is 3.11. The van der Waals surface area contributed by atoms with Crippen LogP contribution >= 0.6 is 0 Å². The van der Waals surface area contributed by atoms with Crippen LogP contribution in [0.15, 0.2) is 60.7 Å². The Bertz CT molecular complexity index is 675. The molecular formula is C22H28N2O2. The number of ether oxygens (including phenoxy) is 1. The molecular weight excluding hydrogens is 324 g/mol. The van der Waals surface area contributed by atoms with Crippen molar-refractivity contribution in [3.8, 4) is 0 Å². The van der Waals surface area contributed by atoms with Gasteiger partial charge in [-0.25, -0.2) is 0 Å². The lowest BCUT2D eigenvalue weighted by Crippen LogP contribution is -2.40. The first-order valence-electron chi connectivity index (χ1n) is 9.44. The van der Waals surface area contributed by atoms with Crippen LogP contribution in [0.5, 0.6) is 0 Å². The highest BCUT2D eigenvalue weighted by Crippen LogP contribution is 2.20. The van der Waals surface area contributed by atoms with Crippen LogP contribution in [-0.4, -0.2) is 48.1 Å². The zero-order chi connectivity index (χ0) is 18.2. The molecule has 1 atom stereocenters. The number of likely N-dealkylation sites (tertiary alicyclic amines) is 1. The van der Waals surface area contributed by atoms with E-state index in [1.54, 1.807) is 0 Å². The van der Waals surface area contributed by atoms with Gasteiger partial charge >= 0.3 is 5.97 Å². The second kappa shape index (κ2) is 9.51. The first-order valence-corrected chi connectivity index (χ1v) is 9.44. The largest absolute Gasteiger partial charge is 0.465 e. The van der Waals surface area contributed by atoms with Gasteiger partial charge in [-0.3, -0.25) is 14.6 Å². The van der Waals surface area contributed by atoms with E-state index < -0.39 is 0 Å². The molecule has 1 aliphatic rings. The first-order chi connectivity index (χ1) is 12.7. The maximum atomic E-state index is 12.1. The Labute approximate surface area is 156 Å². The van der Waals surface area contributed by atoms with Gasteiger partial charge in [-0.15, -0.1) is 0 Å². The van der Waals surface area contributed by atoms with Crippen molar-refractivity contribution in [3.05, 3.63) is 71.8 Å². The molecule has 0 amide bonds. The molecule has 0 aliphatic carbocycles. The number of esters is 1. The van der Waals surface area contributed by atoms with E-state index in [0.29, 0.717) is 19.2 Å². The van der Waals surface area contributed by atoms with Crippen molar-refractivity contribution in [3.63, 3.8) is 0 Å². The molecule has 0 spiro atoms. The van der Waals surface area contributed by atoms with Crippen molar-refractivity contribution in [2.75, 3.05) is 26.2 Å². The summed E-state index contributed by atoms with van der Waals surface area (Å²) in [6.45, 7) is 6.44. The van der Waals surface area contributed by atoms with Gasteiger partial charge in [0.2, 0.25) is 0 Å². The minimum Gasteiger partial charge on any atom is -0.465 e. The summed E-state index contributed by atoms with van der Waals surface area (Å²) in [5, 5.41) is 0.